The quantitative estimate of drug-likeness (QED) is 0.636. The van der Waals surface area contributed by atoms with E-state index in [2.05, 4.69) is 15.6 Å². The Morgan fingerprint density at radius 3 is 2.92 bits per heavy atom. The van der Waals surface area contributed by atoms with Crippen molar-refractivity contribution in [2.24, 2.45) is 4.99 Å². The van der Waals surface area contributed by atoms with Crippen molar-refractivity contribution in [3.8, 4) is 0 Å². The molecule has 0 bridgehead atoms. The van der Waals surface area contributed by atoms with Crippen molar-refractivity contribution in [3.05, 3.63) is 34.6 Å². The molecule has 2 N–H and O–H groups in total. The number of carbonyl (C=O) groups is 1. The van der Waals surface area contributed by atoms with Gasteiger partial charge in [0.15, 0.2) is 5.96 Å². The van der Waals surface area contributed by atoms with E-state index in [1.165, 1.54) is 6.07 Å². The zero-order valence-electron chi connectivity index (χ0n) is 14.6. The van der Waals surface area contributed by atoms with Gasteiger partial charge in [0.25, 0.3) is 0 Å². The highest BCUT2D eigenvalue weighted by Gasteiger charge is 2.42. The predicted octanol–water partition coefficient (Wildman–Crippen LogP) is 2.51. The van der Waals surface area contributed by atoms with Gasteiger partial charge in [0.2, 0.25) is 5.91 Å². The topological polar surface area (TPSA) is 56.7 Å². The molecule has 3 atom stereocenters. The van der Waals surface area contributed by atoms with E-state index in [1.54, 1.807) is 17.0 Å². The molecule has 1 amide bonds. The second-order valence-corrected chi connectivity index (χ2v) is 7.11. The fraction of sp³-hybridized carbons (Fsp3) is 0.556. The van der Waals surface area contributed by atoms with Crippen LogP contribution in [-0.4, -0.2) is 49.0 Å². The Kier molecular flexibility index (Phi) is 5.47. The monoisotopic (exact) mass is 366 g/mol. The van der Waals surface area contributed by atoms with Crippen molar-refractivity contribution in [1.82, 2.24) is 15.5 Å². The number of amides is 1. The van der Waals surface area contributed by atoms with Gasteiger partial charge in [0.05, 0.1) is 0 Å². The third-order valence-electron chi connectivity index (χ3n) is 4.77. The van der Waals surface area contributed by atoms with Crippen LogP contribution < -0.4 is 10.6 Å². The Balaban J connectivity index is 1.60. The van der Waals surface area contributed by atoms with Gasteiger partial charge in [-0.2, -0.15) is 0 Å². The van der Waals surface area contributed by atoms with Gasteiger partial charge in [-0.05, 0) is 31.9 Å². The van der Waals surface area contributed by atoms with Crippen molar-refractivity contribution in [3.63, 3.8) is 0 Å². The zero-order chi connectivity index (χ0) is 18.0. The summed E-state index contributed by atoms with van der Waals surface area (Å²) in [6, 6.07) is 5.09. The van der Waals surface area contributed by atoms with Gasteiger partial charge < -0.3 is 15.5 Å². The zero-order valence-corrected chi connectivity index (χ0v) is 15.3. The molecule has 3 unspecified atom stereocenters. The number of aliphatic imine (C=N–C) groups is 1. The molecule has 1 aromatic rings. The first-order chi connectivity index (χ1) is 12.0. The molecule has 2 fully saturated rings. The molecule has 2 aliphatic rings. The number of hydrogen-bond donors (Lipinski definition) is 2. The molecule has 25 heavy (non-hydrogen) atoms. The SMILES string of the molecule is CCN=C(NC1CCC(=O)N(C)C1)NC1CC1c1c(F)cccc1Cl. The molecule has 1 saturated heterocycles. The Morgan fingerprint density at radius 2 is 2.24 bits per heavy atom. The molecular weight excluding hydrogens is 343 g/mol. The Bertz CT molecular complexity index is 661. The van der Waals surface area contributed by atoms with Crippen LogP contribution in [0.5, 0.6) is 0 Å². The standard InChI is InChI=1S/C18H24ClFN4O/c1-3-21-18(22-11-7-8-16(25)24(2)10-11)23-15-9-12(15)17-13(19)5-4-6-14(17)20/h4-6,11-12,15H,3,7-10H2,1-2H3,(H2,21,22,23). The van der Waals surface area contributed by atoms with Crippen molar-refractivity contribution in [2.75, 3.05) is 20.1 Å². The van der Waals surface area contributed by atoms with Gasteiger partial charge in [-0.15, -0.1) is 0 Å². The number of carbonyl (C=O) groups excluding carboxylic acids is 1. The third kappa shape index (κ3) is 4.24. The molecule has 136 valence electrons. The molecule has 1 aliphatic heterocycles. The smallest absolute Gasteiger partial charge is 0.222 e. The van der Waals surface area contributed by atoms with E-state index < -0.39 is 0 Å². The average molecular weight is 367 g/mol. The number of nitrogens with zero attached hydrogens (tertiary/aromatic N) is 2. The fourth-order valence-electron chi connectivity index (χ4n) is 3.33. The summed E-state index contributed by atoms with van der Waals surface area (Å²) in [5.74, 6) is 0.705. The van der Waals surface area contributed by atoms with E-state index in [4.69, 9.17) is 11.6 Å². The van der Waals surface area contributed by atoms with Crippen LogP contribution in [0, 0.1) is 5.82 Å². The maximum absolute atomic E-state index is 14.1. The largest absolute Gasteiger partial charge is 0.353 e. The Morgan fingerprint density at radius 1 is 1.44 bits per heavy atom. The minimum atomic E-state index is -0.254. The summed E-state index contributed by atoms with van der Waals surface area (Å²) in [6.07, 6.45) is 2.17. The van der Waals surface area contributed by atoms with Crippen molar-refractivity contribution in [1.29, 1.82) is 0 Å². The van der Waals surface area contributed by atoms with Crippen LogP contribution in [0.2, 0.25) is 5.02 Å². The Hall–Kier alpha value is -1.82. The number of rotatable bonds is 4. The lowest BCUT2D eigenvalue weighted by atomic mass is 10.1. The molecule has 1 heterocycles. The highest BCUT2D eigenvalue weighted by Crippen LogP contribution is 2.44. The van der Waals surface area contributed by atoms with E-state index in [0.717, 1.165) is 18.8 Å². The summed E-state index contributed by atoms with van der Waals surface area (Å²) >= 11 is 6.16. The van der Waals surface area contributed by atoms with Crippen molar-refractivity contribution >= 4 is 23.5 Å². The number of nitrogens with one attached hydrogen (secondary N) is 2. The first kappa shape index (κ1) is 18.0. The van der Waals surface area contributed by atoms with Crippen molar-refractivity contribution < 1.29 is 9.18 Å². The number of hydrogen-bond acceptors (Lipinski definition) is 2. The minimum absolute atomic E-state index is 0.0631. The summed E-state index contributed by atoms with van der Waals surface area (Å²) in [7, 11) is 1.82. The van der Waals surface area contributed by atoms with E-state index in [1.807, 2.05) is 14.0 Å². The number of likely N-dealkylation sites (N-methyl/N-ethyl adjacent to an activating group) is 1. The predicted molar refractivity (Wildman–Crippen MR) is 97.5 cm³/mol. The summed E-state index contributed by atoms with van der Waals surface area (Å²) < 4.78 is 14.1. The maximum atomic E-state index is 14.1. The van der Waals surface area contributed by atoms with Gasteiger partial charge in [0, 0.05) is 55.1 Å². The molecule has 1 aromatic carbocycles. The highest BCUT2D eigenvalue weighted by molar-refractivity contribution is 6.31. The van der Waals surface area contributed by atoms with E-state index in [9.17, 15) is 9.18 Å². The van der Waals surface area contributed by atoms with Crippen LogP contribution in [0.4, 0.5) is 4.39 Å². The van der Waals surface area contributed by atoms with E-state index in [0.29, 0.717) is 30.1 Å². The van der Waals surface area contributed by atoms with E-state index >= 15 is 0 Å². The van der Waals surface area contributed by atoms with Gasteiger partial charge in [-0.25, -0.2) is 4.39 Å². The van der Waals surface area contributed by atoms with Gasteiger partial charge in [-0.3, -0.25) is 9.79 Å². The summed E-state index contributed by atoms with van der Waals surface area (Å²) in [5.41, 5.74) is 0.584. The van der Waals surface area contributed by atoms with Gasteiger partial charge in [-0.1, -0.05) is 17.7 Å². The Labute approximate surface area is 152 Å². The number of guanidine groups is 1. The van der Waals surface area contributed by atoms with Crippen LogP contribution in [0.1, 0.15) is 37.7 Å². The second kappa shape index (κ2) is 7.60. The third-order valence-corrected chi connectivity index (χ3v) is 5.10. The van der Waals surface area contributed by atoms with Crippen LogP contribution >= 0.6 is 11.6 Å². The molecule has 0 spiro atoms. The van der Waals surface area contributed by atoms with Gasteiger partial charge in [0.1, 0.15) is 5.82 Å². The summed E-state index contributed by atoms with van der Waals surface area (Å²) in [4.78, 5) is 17.8. The van der Waals surface area contributed by atoms with E-state index in [-0.39, 0.29) is 29.7 Å². The van der Waals surface area contributed by atoms with Crippen LogP contribution in [0.15, 0.2) is 23.2 Å². The lowest BCUT2D eigenvalue weighted by molar-refractivity contribution is -0.132. The first-order valence-corrected chi connectivity index (χ1v) is 9.12. The molecule has 1 aliphatic carbocycles. The molecule has 0 aromatic heterocycles. The normalized spacial score (nSPS) is 26.6. The summed E-state index contributed by atoms with van der Waals surface area (Å²) in [6.45, 7) is 3.28. The van der Waals surface area contributed by atoms with Crippen molar-refractivity contribution in [2.45, 2.75) is 44.2 Å². The average Bonchev–Trinajstić information content (AvgIpc) is 3.30. The fourth-order valence-corrected chi connectivity index (χ4v) is 3.63. The number of benzene rings is 1. The molecule has 7 heteroatoms. The molecule has 1 saturated carbocycles. The summed E-state index contributed by atoms with van der Waals surface area (Å²) in [5, 5.41) is 7.25. The molecule has 5 nitrogen and oxygen atoms in total. The van der Waals surface area contributed by atoms with Gasteiger partial charge >= 0.3 is 0 Å². The molecule has 3 rings (SSSR count). The maximum Gasteiger partial charge on any atom is 0.222 e. The molecule has 0 radical (unpaired) electrons. The molecular formula is C18H24ClFN4O. The lowest BCUT2D eigenvalue weighted by Crippen LogP contribution is -2.52. The first-order valence-electron chi connectivity index (χ1n) is 8.75. The lowest BCUT2D eigenvalue weighted by Gasteiger charge is -2.31. The van der Waals surface area contributed by atoms with Crippen LogP contribution in [-0.2, 0) is 4.79 Å². The number of likely N-dealkylation sites (tertiary alicyclic amines) is 1. The number of piperidine rings is 1. The van der Waals surface area contributed by atoms with Crippen LogP contribution in [0.3, 0.4) is 0 Å². The highest BCUT2D eigenvalue weighted by atomic mass is 35.5. The second-order valence-electron chi connectivity index (χ2n) is 6.71. The number of halogens is 2. The van der Waals surface area contributed by atoms with Crippen LogP contribution in [0.25, 0.3) is 0 Å². The minimum Gasteiger partial charge on any atom is -0.353 e.